The van der Waals surface area contributed by atoms with Crippen LogP contribution in [0.3, 0.4) is 0 Å². The quantitative estimate of drug-likeness (QED) is 0.407. The van der Waals surface area contributed by atoms with Crippen LogP contribution in [0, 0.1) is 9.49 Å². The SMILES string of the molecule is COC(=O)[C@H]1[C@@H](c2ccc(N)c(I)c2)C[C@@H]2CC[C@H]1N2C.Cl.Cl. The van der Waals surface area contributed by atoms with Gasteiger partial charge in [-0.05, 0) is 66.6 Å². The zero-order chi connectivity index (χ0) is 15.1. The molecule has 2 heterocycles. The molecule has 0 saturated carbocycles. The van der Waals surface area contributed by atoms with E-state index >= 15 is 0 Å². The highest BCUT2D eigenvalue weighted by molar-refractivity contribution is 14.1. The van der Waals surface area contributed by atoms with Crippen LogP contribution in [-0.2, 0) is 9.53 Å². The highest BCUT2D eigenvalue weighted by Gasteiger charge is 2.49. The fourth-order valence-corrected chi connectivity index (χ4v) is 4.58. The number of hydrogen-bond acceptors (Lipinski definition) is 4. The van der Waals surface area contributed by atoms with Crippen molar-refractivity contribution >= 4 is 59.1 Å². The summed E-state index contributed by atoms with van der Waals surface area (Å²) < 4.78 is 6.16. The van der Waals surface area contributed by atoms with E-state index in [9.17, 15) is 4.79 Å². The molecule has 2 aliphatic heterocycles. The molecule has 1 aromatic carbocycles. The maximum atomic E-state index is 12.4. The van der Waals surface area contributed by atoms with E-state index in [1.807, 2.05) is 6.07 Å². The normalized spacial score (nSPS) is 29.3. The van der Waals surface area contributed by atoms with Crippen LogP contribution in [0.1, 0.15) is 30.7 Å². The van der Waals surface area contributed by atoms with Crippen LogP contribution in [0.2, 0.25) is 0 Å². The minimum absolute atomic E-state index is 0. The first-order valence-corrected chi connectivity index (χ1v) is 8.45. The first-order valence-electron chi connectivity index (χ1n) is 7.37. The topological polar surface area (TPSA) is 55.6 Å². The molecule has 130 valence electrons. The minimum atomic E-state index is -0.0796. The van der Waals surface area contributed by atoms with Gasteiger partial charge in [0, 0.05) is 27.3 Å². The average molecular weight is 473 g/mol. The monoisotopic (exact) mass is 472 g/mol. The summed E-state index contributed by atoms with van der Waals surface area (Å²) in [5, 5.41) is 0. The summed E-state index contributed by atoms with van der Waals surface area (Å²) in [5.74, 6) is 0.0856. The van der Waals surface area contributed by atoms with Gasteiger partial charge in [-0.2, -0.15) is 0 Å². The van der Waals surface area contributed by atoms with E-state index in [-0.39, 0.29) is 42.6 Å². The molecule has 0 aliphatic carbocycles. The van der Waals surface area contributed by atoms with Gasteiger partial charge >= 0.3 is 5.97 Å². The third-order valence-electron chi connectivity index (χ3n) is 5.19. The largest absolute Gasteiger partial charge is 0.469 e. The summed E-state index contributed by atoms with van der Waals surface area (Å²) in [6, 6.07) is 7.03. The highest BCUT2D eigenvalue weighted by Crippen LogP contribution is 2.46. The second-order valence-electron chi connectivity index (χ2n) is 6.14. The van der Waals surface area contributed by atoms with Crippen LogP contribution in [0.5, 0.6) is 0 Å². The molecule has 2 aliphatic rings. The van der Waals surface area contributed by atoms with Gasteiger partial charge in [0.15, 0.2) is 0 Å². The number of nitrogens with zero attached hydrogens (tertiary/aromatic N) is 1. The van der Waals surface area contributed by atoms with Crippen molar-refractivity contribution in [2.45, 2.75) is 37.3 Å². The Hall–Kier alpha value is -0.240. The summed E-state index contributed by atoms with van der Waals surface area (Å²) in [7, 11) is 3.63. The van der Waals surface area contributed by atoms with E-state index in [1.54, 1.807) is 0 Å². The molecule has 2 N–H and O–H groups in total. The molecule has 2 saturated heterocycles. The van der Waals surface area contributed by atoms with Crippen molar-refractivity contribution in [2.24, 2.45) is 5.92 Å². The van der Waals surface area contributed by atoms with Gasteiger partial charge in [0.1, 0.15) is 0 Å². The number of carbonyl (C=O) groups excluding carboxylic acids is 1. The van der Waals surface area contributed by atoms with Crippen LogP contribution < -0.4 is 5.73 Å². The molecule has 0 spiro atoms. The number of fused-ring (bicyclic) bond motifs is 2. The predicted octanol–water partition coefficient (Wildman–Crippen LogP) is 3.46. The van der Waals surface area contributed by atoms with E-state index in [0.717, 1.165) is 22.1 Å². The lowest BCUT2D eigenvalue weighted by Crippen LogP contribution is -2.49. The fraction of sp³-hybridized carbons (Fsp3) is 0.562. The van der Waals surface area contributed by atoms with Crippen LogP contribution >= 0.6 is 47.4 Å². The number of nitrogens with two attached hydrogens (primary N) is 1. The number of halogens is 3. The molecule has 0 radical (unpaired) electrons. The number of piperidine rings is 1. The maximum absolute atomic E-state index is 12.4. The molecule has 7 heteroatoms. The van der Waals surface area contributed by atoms with Crippen LogP contribution in [0.15, 0.2) is 18.2 Å². The first kappa shape index (κ1) is 20.8. The number of rotatable bonds is 2. The third kappa shape index (κ3) is 3.72. The lowest BCUT2D eigenvalue weighted by Gasteiger charge is -2.41. The van der Waals surface area contributed by atoms with Gasteiger partial charge in [-0.3, -0.25) is 9.69 Å². The van der Waals surface area contributed by atoms with Crippen molar-refractivity contribution in [2.75, 3.05) is 19.9 Å². The standard InChI is InChI=1S/C16H21IN2O2.2ClH/c1-19-10-4-6-14(19)15(16(20)21-2)11(8-10)9-3-5-13(18)12(17)7-9;;/h3,5,7,10-11,14-15H,4,6,8,18H2,1-2H3;2*1H/t10-,11+,14+,15-;;/m0../s1. The Kier molecular flexibility index (Phi) is 7.44. The Morgan fingerprint density at radius 3 is 2.65 bits per heavy atom. The van der Waals surface area contributed by atoms with Gasteiger partial charge in [-0.15, -0.1) is 24.8 Å². The Labute approximate surface area is 163 Å². The van der Waals surface area contributed by atoms with Crippen molar-refractivity contribution < 1.29 is 9.53 Å². The van der Waals surface area contributed by atoms with Crippen molar-refractivity contribution in [1.82, 2.24) is 4.90 Å². The Morgan fingerprint density at radius 2 is 2.04 bits per heavy atom. The second kappa shape index (κ2) is 8.23. The first-order chi connectivity index (χ1) is 10.0. The van der Waals surface area contributed by atoms with Crippen LogP contribution in [0.25, 0.3) is 0 Å². The molecule has 2 bridgehead atoms. The van der Waals surface area contributed by atoms with E-state index in [4.69, 9.17) is 10.5 Å². The zero-order valence-electron chi connectivity index (χ0n) is 13.2. The predicted molar refractivity (Wildman–Crippen MR) is 106 cm³/mol. The molecule has 1 aromatic rings. The van der Waals surface area contributed by atoms with Gasteiger partial charge < -0.3 is 10.5 Å². The molecule has 3 rings (SSSR count). The van der Waals surface area contributed by atoms with E-state index < -0.39 is 0 Å². The number of hydrogen-bond donors (Lipinski definition) is 1. The van der Waals surface area contributed by atoms with Crippen molar-refractivity contribution in [3.63, 3.8) is 0 Å². The van der Waals surface area contributed by atoms with Crippen LogP contribution in [0.4, 0.5) is 5.69 Å². The lowest BCUT2D eigenvalue weighted by atomic mass is 9.76. The maximum Gasteiger partial charge on any atom is 0.310 e. The number of benzene rings is 1. The Balaban J connectivity index is 0.00000132. The number of carbonyl (C=O) groups is 1. The van der Waals surface area contributed by atoms with E-state index in [2.05, 4.69) is 46.7 Å². The number of esters is 1. The molecule has 4 nitrogen and oxygen atoms in total. The highest BCUT2D eigenvalue weighted by atomic mass is 127. The van der Waals surface area contributed by atoms with Crippen LogP contribution in [-0.4, -0.2) is 37.1 Å². The summed E-state index contributed by atoms with van der Waals surface area (Å²) >= 11 is 2.26. The number of ether oxygens (including phenoxy) is 1. The Morgan fingerprint density at radius 1 is 1.35 bits per heavy atom. The summed E-state index contributed by atoms with van der Waals surface area (Å²) in [6.07, 6.45) is 3.29. The molecular formula is C16H23Cl2IN2O2. The number of nitrogen functional groups attached to an aromatic ring is 1. The lowest BCUT2D eigenvalue weighted by molar-refractivity contribution is -0.150. The third-order valence-corrected chi connectivity index (χ3v) is 6.13. The van der Waals surface area contributed by atoms with Gasteiger partial charge in [0.2, 0.25) is 0 Å². The molecule has 2 fully saturated rings. The van der Waals surface area contributed by atoms with Gasteiger partial charge in [-0.1, -0.05) is 6.07 Å². The molecular weight excluding hydrogens is 450 g/mol. The second-order valence-corrected chi connectivity index (χ2v) is 7.30. The molecule has 4 atom stereocenters. The average Bonchev–Trinajstić information content (AvgIpc) is 2.72. The molecule has 0 aromatic heterocycles. The van der Waals surface area contributed by atoms with Crippen molar-refractivity contribution in [3.05, 3.63) is 27.3 Å². The molecule has 0 amide bonds. The molecule has 23 heavy (non-hydrogen) atoms. The number of anilines is 1. The van der Waals surface area contributed by atoms with Gasteiger partial charge in [-0.25, -0.2) is 0 Å². The smallest absolute Gasteiger partial charge is 0.310 e. The Bertz CT molecular complexity index is 573. The van der Waals surface area contributed by atoms with Gasteiger partial charge in [0.05, 0.1) is 13.0 Å². The van der Waals surface area contributed by atoms with Gasteiger partial charge in [0.25, 0.3) is 0 Å². The summed E-state index contributed by atoms with van der Waals surface area (Å²) in [5.41, 5.74) is 7.93. The summed E-state index contributed by atoms with van der Waals surface area (Å²) in [6.45, 7) is 0. The minimum Gasteiger partial charge on any atom is -0.469 e. The van der Waals surface area contributed by atoms with Crippen molar-refractivity contribution in [1.29, 1.82) is 0 Å². The fourth-order valence-electron chi connectivity index (χ4n) is 4.04. The van der Waals surface area contributed by atoms with Crippen molar-refractivity contribution in [3.8, 4) is 0 Å². The van der Waals surface area contributed by atoms with E-state index in [0.29, 0.717) is 12.1 Å². The number of methoxy groups -OCH3 is 1. The molecule has 0 unspecified atom stereocenters. The summed E-state index contributed by atoms with van der Waals surface area (Å²) in [4.78, 5) is 14.7. The van der Waals surface area contributed by atoms with E-state index in [1.165, 1.54) is 19.1 Å². The zero-order valence-corrected chi connectivity index (χ0v) is 17.0.